The second kappa shape index (κ2) is 3.38. The van der Waals surface area contributed by atoms with E-state index in [4.69, 9.17) is 15.3 Å². The van der Waals surface area contributed by atoms with E-state index in [1.54, 1.807) is 0 Å². The van der Waals surface area contributed by atoms with Crippen LogP contribution in [-0.2, 0) is 14.3 Å². The molecule has 7 nitrogen and oxygen atoms in total. The number of carboxylic acids is 1. The zero-order chi connectivity index (χ0) is 13.0. The standard InChI is InChI=1S/C10H11NO6/c1-3(12)2-10(16)7(11)4(9(14)15)5(13)6-8(10)17-6/h6,8,11,13,16H,2H2,1H3,(H,14,15). The van der Waals surface area contributed by atoms with Crippen molar-refractivity contribution < 1.29 is 29.6 Å². The summed E-state index contributed by atoms with van der Waals surface area (Å²) >= 11 is 0. The number of carboxylic acid groups (broad SMARTS) is 1. The number of Topliss-reactive ketones (excluding diaryl/α,β-unsaturated/α-hetero) is 1. The number of aliphatic hydroxyl groups is 2. The first kappa shape index (κ1) is 11.7. The van der Waals surface area contributed by atoms with Gasteiger partial charge in [-0.05, 0) is 6.92 Å². The van der Waals surface area contributed by atoms with Crippen LogP contribution < -0.4 is 0 Å². The molecular weight excluding hydrogens is 230 g/mol. The minimum Gasteiger partial charge on any atom is -0.508 e. The highest BCUT2D eigenvalue weighted by Gasteiger charge is 2.64. The van der Waals surface area contributed by atoms with Gasteiger partial charge < -0.3 is 25.5 Å². The molecule has 92 valence electrons. The lowest BCUT2D eigenvalue weighted by Gasteiger charge is -2.29. The second-order valence-electron chi connectivity index (χ2n) is 4.22. The summed E-state index contributed by atoms with van der Waals surface area (Å²) in [5, 5.41) is 36.2. The summed E-state index contributed by atoms with van der Waals surface area (Å²) in [6, 6.07) is 0. The van der Waals surface area contributed by atoms with Crippen molar-refractivity contribution in [2.24, 2.45) is 0 Å². The van der Waals surface area contributed by atoms with Crippen LogP contribution in [0.25, 0.3) is 0 Å². The second-order valence-corrected chi connectivity index (χ2v) is 4.22. The monoisotopic (exact) mass is 241 g/mol. The first-order valence-electron chi connectivity index (χ1n) is 4.92. The van der Waals surface area contributed by atoms with Gasteiger partial charge in [0.2, 0.25) is 0 Å². The van der Waals surface area contributed by atoms with Crippen LogP contribution in [-0.4, -0.2) is 50.6 Å². The number of ketones is 1. The van der Waals surface area contributed by atoms with Crippen molar-refractivity contribution in [2.45, 2.75) is 31.2 Å². The minimum absolute atomic E-state index is 0.391. The average Bonchev–Trinajstić information content (AvgIpc) is 2.93. The maximum absolute atomic E-state index is 11.0. The Morgan fingerprint density at radius 2 is 2.12 bits per heavy atom. The zero-order valence-electron chi connectivity index (χ0n) is 8.93. The summed E-state index contributed by atoms with van der Waals surface area (Å²) in [6.07, 6.45) is -2.25. The predicted octanol–water partition coefficient (Wildman–Crippen LogP) is -0.606. The number of carbonyl (C=O) groups excluding carboxylic acids is 1. The van der Waals surface area contributed by atoms with Crippen molar-refractivity contribution >= 4 is 17.5 Å². The third-order valence-corrected chi connectivity index (χ3v) is 2.90. The van der Waals surface area contributed by atoms with Crippen molar-refractivity contribution in [3.05, 3.63) is 11.3 Å². The number of hydrogen-bond donors (Lipinski definition) is 4. The predicted molar refractivity (Wildman–Crippen MR) is 53.9 cm³/mol. The lowest BCUT2D eigenvalue weighted by Crippen LogP contribution is -2.51. The first-order valence-corrected chi connectivity index (χ1v) is 4.92. The van der Waals surface area contributed by atoms with E-state index in [-0.39, 0.29) is 0 Å². The van der Waals surface area contributed by atoms with Crippen molar-refractivity contribution in [3.8, 4) is 0 Å². The van der Waals surface area contributed by atoms with E-state index in [1.165, 1.54) is 6.92 Å². The number of aliphatic hydroxyl groups excluding tert-OH is 1. The minimum atomic E-state index is -1.96. The Bertz CT molecular complexity index is 467. The molecule has 2 rings (SSSR count). The maximum Gasteiger partial charge on any atom is 0.341 e. The van der Waals surface area contributed by atoms with Gasteiger partial charge in [-0.1, -0.05) is 0 Å². The third kappa shape index (κ3) is 1.55. The Hall–Kier alpha value is -1.73. The SMILES string of the molecule is CC(=O)CC1(O)C(=N)C(C(=O)O)=C(O)C2OC21. The number of rotatable bonds is 3. The molecule has 0 aromatic carbocycles. The van der Waals surface area contributed by atoms with E-state index in [0.29, 0.717) is 0 Å². The van der Waals surface area contributed by atoms with Crippen molar-refractivity contribution in [2.75, 3.05) is 0 Å². The van der Waals surface area contributed by atoms with Crippen LogP contribution in [0.1, 0.15) is 13.3 Å². The van der Waals surface area contributed by atoms with Crippen LogP contribution in [0.3, 0.4) is 0 Å². The van der Waals surface area contributed by atoms with E-state index < -0.39 is 53.0 Å². The number of carbonyl (C=O) groups is 2. The number of hydrogen-bond acceptors (Lipinski definition) is 6. The number of nitrogens with one attached hydrogen (secondary N) is 1. The molecule has 3 unspecified atom stereocenters. The molecule has 1 aliphatic carbocycles. The molecule has 0 aromatic heterocycles. The van der Waals surface area contributed by atoms with Crippen LogP contribution >= 0.6 is 0 Å². The van der Waals surface area contributed by atoms with Crippen molar-refractivity contribution in [1.29, 1.82) is 5.41 Å². The van der Waals surface area contributed by atoms with Gasteiger partial charge in [-0.2, -0.15) is 0 Å². The van der Waals surface area contributed by atoms with Gasteiger partial charge in [0.15, 0.2) is 0 Å². The molecule has 1 heterocycles. The molecule has 0 aromatic rings. The fourth-order valence-electron chi connectivity index (χ4n) is 2.10. The molecule has 1 aliphatic heterocycles. The Labute approximate surface area is 95.8 Å². The molecule has 17 heavy (non-hydrogen) atoms. The number of epoxide rings is 1. The van der Waals surface area contributed by atoms with Gasteiger partial charge in [-0.15, -0.1) is 0 Å². The summed E-state index contributed by atoms with van der Waals surface area (Å²) in [5.74, 6) is -2.48. The Morgan fingerprint density at radius 1 is 1.53 bits per heavy atom. The van der Waals surface area contributed by atoms with Crippen molar-refractivity contribution in [1.82, 2.24) is 0 Å². The molecule has 0 amide bonds. The largest absolute Gasteiger partial charge is 0.508 e. The van der Waals surface area contributed by atoms with E-state index in [2.05, 4.69) is 0 Å². The van der Waals surface area contributed by atoms with Gasteiger partial charge in [0.25, 0.3) is 0 Å². The summed E-state index contributed by atoms with van der Waals surface area (Å²) < 4.78 is 4.94. The Kier molecular flexibility index (Phi) is 2.33. The highest BCUT2D eigenvalue weighted by Crippen LogP contribution is 2.45. The summed E-state index contributed by atoms with van der Waals surface area (Å²) in [5.41, 5.74) is -3.33. The molecule has 1 fully saturated rings. The summed E-state index contributed by atoms with van der Waals surface area (Å²) in [6.45, 7) is 1.22. The molecule has 3 atom stereocenters. The molecule has 2 aliphatic rings. The van der Waals surface area contributed by atoms with E-state index >= 15 is 0 Å². The molecule has 0 saturated carbocycles. The quantitative estimate of drug-likeness (QED) is 0.487. The van der Waals surface area contributed by atoms with Crippen LogP contribution in [0.5, 0.6) is 0 Å². The van der Waals surface area contributed by atoms with E-state index in [1.807, 2.05) is 0 Å². The van der Waals surface area contributed by atoms with Gasteiger partial charge in [-0.3, -0.25) is 4.79 Å². The molecule has 0 radical (unpaired) electrons. The van der Waals surface area contributed by atoms with Gasteiger partial charge >= 0.3 is 5.97 Å². The molecular formula is C10H11NO6. The molecule has 7 heteroatoms. The number of aliphatic carboxylic acids is 1. The zero-order valence-corrected chi connectivity index (χ0v) is 8.93. The fourth-order valence-corrected chi connectivity index (χ4v) is 2.10. The van der Waals surface area contributed by atoms with Gasteiger partial charge in [-0.25, -0.2) is 4.79 Å². The smallest absolute Gasteiger partial charge is 0.341 e. The van der Waals surface area contributed by atoms with Gasteiger partial charge in [0, 0.05) is 6.42 Å². The molecule has 1 saturated heterocycles. The molecule has 0 spiro atoms. The van der Waals surface area contributed by atoms with Crippen LogP contribution in [0, 0.1) is 5.41 Å². The highest BCUT2D eigenvalue weighted by atomic mass is 16.6. The summed E-state index contributed by atoms with van der Waals surface area (Å²) in [7, 11) is 0. The molecule has 0 bridgehead atoms. The van der Waals surface area contributed by atoms with E-state index in [0.717, 1.165) is 0 Å². The number of ether oxygens (including phenoxy) is 1. The Morgan fingerprint density at radius 3 is 2.59 bits per heavy atom. The average molecular weight is 241 g/mol. The highest BCUT2D eigenvalue weighted by molar-refractivity contribution is 6.23. The lowest BCUT2D eigenvalue weighted by atomic mass is 9.78. The summed E-state index contributed by atoms with van der Waals surface area (Å²) in [4.78, 5) is 21.9. The maximum atomic E-state index is 11.0. The van der Waals surface area contributed by atoms with Crippen LogP contribution in [0.4, 0.5) is 0 Å². The van der Waals surface area contributed by atoms with Gasteiger partial charge in [0.05, 0.1) is 5.71 Å². The van der Waals surface area contributed by atoms with Gasteiger partial charge in [0.1, 0.15) is 34.9 Å². The van der Waals surface area contributed by atoms with Crippen LogP contribution in [0.15, 0.2) is 11.3 Å². The molecule has 4 N–H and O–H groups in total. The third-order valence-electron chi connectivity index (χ3n) is 2.90. The first-order chi connectivity index (χ1) is 7.79. The van der Waals surface area contributed by atoms with Crippen molar-refractivity contribution in [3.63, 3.8) is 0 Å². The fraction of sp³-hybridized carbons (Fsp3) is 0.500. The normalized spacial score (nSPS) is 35.5. The number of fused-ring (bicyclic) bond motifs is 1. The topological polar surface area (TPSA) is 131 Å². The Balaban J connectivity index is 2.45. The lowest BCUT2D eigenvalue weighted by molar-refractivity contribution is -0.132. The van der Waals surface area contributed by atoms with Crippen LogP contribution in [0.2, 0.25) is 0 Å². The van der Waals surface area contributed by atoms with E-state index in [9.17, 15) is 19.8 Å².